The number of nitrogens with two attached hydrogens (primary N) is 3. The molecule has 708 valence electrons. The van der Waals surface area contributed by atoms with Gasteiger partial charge in [0.1, 0.15) is 119 Å². The summed E-state index contributed by atoms with van der Waals surface area (Å²) in [7, 11) is 3.48. The Morgan fingerprint density at radius 1 is 0.496 bits per heavy atom. The summed E-state index contributed by atoms with van der Waals surface area (Å²) in [5, 5.41) is 106. The minimum absolute atomic E-state index is 0.0735. The van der Waals surface area contributed by atoms with Gasteiger partial charge in [0.15, 0.2) is 39.5 Å². The number of nitrogens with zero attached hydrogens (tertiary/aromatic N) is 11. The molecule has 20 atom stereocenters. The van der Waals surface area contributed by atoms with Crippen LogP contribution in [0.2, 0.25) is 18.1 Å². The van der Waals surface area contributed by atoms with Crippen LogP contribution >= 0.6 is 34.4 Å². The molecule has 0 aromatic carbocycles. The SMILES string of the molecule is C=C1N=C(N(C)C)C=CN1[C@@H]1O[C@H](CCP(=C)(C)C)[C@@H](O)[C@H]1OC.C=C1N=C(N)C(C)=CN1[C@@H]1O[C@H](CCP(=C)(C)C)[C@@H](O)[C@H]1O.C=C1N=C(N)C(CO)=CN1[C@@H]1O[C@H](CCP(=C)(C)C)[C@@H](O)[C@H]1O.C=C1N=C(N)C(CO[Si](C)(C)C(C)(C)C)=CN1[C@@H]1O[C@H](CCP(=C)(C)C)[C@@H](O)[C@H]1O.C=C1N=C(NC(C)=O)C(CC)=CN1[C@@H]1O[C@H](CCP(=C)(C)C)[C@@H](O)[C@H]1O. The van der Waals surface area contributed by atoms with Crippen molar-refractivity contribution in [1.82, 2.24) is 34.7 Å². The molecule has 0 aromatic rings. The van der Waals surface area contributed by atoms with Crippen molar-refractivity contribution in [3.63, 3.8) is 0 Å². The molecule has 10 rings (SSSR count). The monoisotopic (exact) mass is 1870 g/mol. The lowest BCUT2D eigenvalue weighted by Gasteiger charge is -2.37. The van der Waals surface area contributed by atoms with Crippen molar-refractivity contribution in [2.75, 3.05) is 132 Å². The average molecular weight is 1870 g/mol. The molecule has 0 spiro atoms. The minimum Gasteiger partial charge on any atom is -0.412 e. The Labute approximate surface area is 745 Å². The number of hydrogen-bond acceptors (Lipinski definition) is 32. The third-order valence-electron chi connectivity index (χ3n) is 22.8. The molecule has 0 aliphatic carbocycles. The van der Waals surface area contributed by atoms with Gasteiger partial charge in [-0.3, -0.25) is 4.79 Å². The molecule has 0 radical (unpaired) electrons. The van der Waals surface area contributed by atoms with E-state index in [1.165, 1.54) is 11.8 Å². The third-order valence-corrected chi connectivity index (χ3v) is 34.6. The summed E-state index contributed by atoms with van der Waals surface area (Å²) in [6.07, 6.45) is 25.2. The molecular weight excluding hydrogens is 1710 g/mol. The number of carbonyl (C=O) groups excluding carboxylic acids is 1. The highest BCUT2D eigenvalue weighted by Crippen LogP contribution is 2.46. The van der Waals surface area contributed by atoms with E-state index in [0.29, 0.717) is 96.5 Å². The molecule has 33 nitrogen and oxygen atoms in total. The predicted octanol–water partition coefficient (Wildman–Crippen LogP) is 5.31. The maximum atomic E-state index is 11.3. The van der Waals surface area contributed by atoms with Gasteiger partial charge in [0.2, 0.25) is 5.91 Å². The van der Waals surface area contributed by atoms with Gasteiger partial charge in [0.05, 0.1) is 43.7 Å². The van der Waals surface area contributed by atoms with Crippen molar-refractivity contribution < 1.29 is 88.7 Å². The number of amidine groups is 5. The molecule has 0 bridgehead atoms. The molecule has 1 amide bonds. The fourth-order valence-electron chi connectivity index (χ4n) is 14.0. The van der Waals surface area contributed by atoms with Crippen LogP contribution in [0, 0.1) is 0 Å². The average Bonchev–Trinajstić information content (AvgIpc) is 1.50. The smallest absolute Gasteiger partial charge is 0.222 e. The van der Waals surface area contributed by atoms with Crippen molar-refractivity contribution in [2.45, 2.75) is 221 Å². The topological polar surface area (TPSA) is 455 Å². The van der Waals surface area contributed by atoms with Gasteiger partial charge >= 0.3 is 0 Å². The molecule has 10 heterocycles. The molecule has 0 unspecified atom stereocenters. The number of methoxy groups -OCH3 is 1. The van der Waals surface area contributed by atoms with Crippen molar-refractivity contribution in [2.24, 2.45) is 42.2 Å². The molecule has 17 N–H and O–H groups in total. The van der Waals surface area contributed by atoms with Crippen molar-refractivity contribution in [3.05, 3.63) is 121 Å². The number of likely N-dealkylation sites (N-methyl/N-ethyl adjacent to an activating group) is 1. The van der Waals surface area contributed by atoms with E-state index in [1.807, 2.05) is 50.0 Å². The molecule has 0 saturated carbocycles. The van der Waals surface area contributed by atoms with Crippen LogP contribution in [0.25, 0.3) is 0 Å². The van der Waals surface area contributed by atoms with Crippen LogP contribution in [0.15, 0.2) is 146 Å². The van der Waals surface area contributed by atoms with Gasteiger partial charge in [-0.05, 0) is 167 Å². The number of carbonyl (C=O) groups is 1. The number of hydrogen-bond donors (Lipinski definition) is 14. The Balaban J connectivity index is 0.000000242. The maximum absolute atomic E-state index is 11.3. The van der Waals surface area contributed by atoms with E-state index in [9.17, 15) is 55.9 Å². The second kappa shape index (κ2) is 44.6. The minimum atomic E-state index is -1.97. The number of nitrogens with one attached hydrogen (secondary N) is 1. The number of aliphatic hydroxyl groups excluding tert-OH is 10. The van der Waals surface area contributed by atoms with Crippen LogP contribution in [-0.2, 0) is 37.6 Å². The Kier molecular flexibility index (Phi) is 38.6. The van der Waals surface area contributed by atoms with Crippen LogP contribution < -0.4 is 22.5 Å². The van der Waals surface area contributed by atoms with Gasteiger partial charge < -0.3 is 136 Å². The second-order valence-corrected chi connectivity index (χ2v) is 64.9. The Morgan fingerprint density at radius 2 is 0.808 bits per heavy atom. The Bertz CT molecular complexity index is 4450. The fraction of sp³-hybridized carbons (Fsp3) is 0.640. The Morgan fingerprint density at radius 3 is 1.13 bits per heavy atom. The van der Waals surface area contributed by atoms with Crippen molar-refractivity contribution in [3.8, 4) is 0 Å². The van der Waals surface area contributed by atoms with E-state index in [2.05, 4.69) is 195 Å². The van der Waals surface area contributed by atoms with Crippen LogP contribution in [0.3, 0.4) is 0 Å². The van der Waals surface area contributed by atoms with Gasteiger partial charge in [-0.2, -0.15) is 0 Å². The molecule has 5 fully saturated rings. The van der Waals surface area contributed by atoms with Crippen LogP contribution in [0.4, 0.5) is 0 Å². The van der Waals surface area contributed by atoms with Gasteiger partial charge in [0, 0.05) is 81.4 Å². The highest BCUT2D eigenvalue weighted by Gasteiger charge is 2.52. The van der Waals surface area contributed by atoms with E-state index in [-0.39, 0.29) is 29.5 Å². The lowest BCUT2D eigenvalue weighted by atomic mass is 10.1. The molecular formula is C86H152N15O18P5Si. The third kappa shape index (κ3) is 30.2. The van der Waals surface area contributed by atoms with Crippen molar-refractivity contribution in [1.29, 1.82) is 0 Å². The number of amides is 1. The predicted molar refractivity (Wildman–Crippen MR) is 525 cm³/mol. The van der Waals surface area contributed by atoms with Crippen molar-refractivity contribution >= 4 is 109 Å². The lowest BCUT2D eigenvalue weighted by Crippen LogP contribution is -2.44. The molecule has 10 aliphatic heterocycles. The molecule has 10 aliphatic rings. The lowest BCUT2D eigenvalue weighted by molar-refractivity contribution is -0.117. The summed E-state index contributed by atoms with van der Waals surface area (Å²) >= 11 is 0. The summed E-state index contributed by atoms with van der Waals surface area (Å²) in [5.41, 5.74) is 20.3. The standard InChI is InChI=1S/C21H40N3O4PSi.C18H30N3O4P.C17H30N3O3P.C15H26N3O4P.C15H26N3O3P/c1-14-23-19(22)15(13-27-30(8,9)21(2,3)4)12-24(14)20-18(26)17(25)16(28-20)10-11-29(5,6)7;1-7-13-10-21(11(2)19-17(13)20-12(3)22)18-16(24)15(23)14(25-18)8-9-26(4,5)6;1-12-18-14(19(2)3)8-10-20(12)17-16(22-4)15(21)13(23-17)9-11-24(5,6)7;1-9-17-14(16)10(8-19)7-18(9)15-13(21)12(20)11(22-15)5-6-23(2,3)4;1-9-8-18(10(2)17-14(9)16)15-13(20)12(19)11(21-15)6-7-22(3,4)5/h12,16-18,20,25-26H,1,5,10-11,13H2,2-4,6-9H3,(H2,22,23);10,14-16,18,23-24H,2,4,7-9H2,1,3,5-6H3,(H,19,20,22);8,10,13,15-17,21H,1,5,9,11H2,2-4,6-7H3;7,11-13,15,19-21H,1-2,5-6,8H2,3-4H3,(H2,16,17);8,11-13,15,19-20H,2-3,6-7H2,1,4-5H3,(H2,16,17)/t16-,17-,18-,20-;14-,15-,16-,18-;13-,15-,16-,17-;2*11-,12-,13-,15-/m11111/s1. The first kappa shape index (κ1) is 108. The zero-order valence-electron chi connectivity index (χ0n) is 77.9. The van der Waals surface area contributed by atoms with Crippen LogP contribution in [0.5, 0.6) is 0 Å². The van der Waals surface area contributed by atoms with Gasteiger partial charge in [-0.1, -0.05) is 60.6 Å². The van der Waals surface area contributed by atoms with Gasteiger partial charge in [0.25, 0.3) is 0 Å². The molecule has 39 heteroatoms. The molecule has 125 heavy (non-hydrogen) atoms. The summed E-state index contributed by atoms with van der Waals surface area (Å²) < 4.78 is 41.6. The van der Waals surface area contributed by atoms with Crippen LogP contribution in [0.1, 0.15) is 80.1 Å². The summed E-state index contributed by atoms with van der Waals surface area (Å²) in [5.74, 6) is 3.96. The zero-order valence-corrected chi connectivity index (χ0v) is 83.4. The number of rotatable bonds is 26. The normalized spacial score (nSPS) is 30.6. The van der Waals surface area contributed by atoms with E-state index in [4.69, 9.17) is 50.0 Å². The van der Waals surface area contributed by atoms with Crippen LogP contribution in [-0.4, -0.2) is 410 Å². The number of ether oxygens (including phenoxy) is 6. The van der Waals surface area contributed by atoms with Gasteiger partial charge in [-0.15, -0.1) is 65.9 Å². The molecule has 5 saturated heterocycles. The maximum Gasteiger partial charge on any atom is 0.222 e. The summed E-state index contributed by atoms with van der Waals surface area (Å²) in [6.45, 7) is 50.9. The molecule has 0 aromatic heterocycles. The Hall–Kier alpha value is -5.54. The van der Waals surface area contributed by atoms with Gasteiger partial charge in [-0.25, -0.2) is 25.0 Å². The highest BCUT2D eigenvalue weighted by atomic mass is 31.2. The zero-order chi connectivity index (χ0) is 94.8. The second-order valence-electron chi connectivity index (χ2n) is 38.4. The van der Waals surface area contributed by atoms with E-state index < -0.39 is 159 Å². The summed E-state index contributed by atoms with van der Waals surface area (Å²) in [6, 6.07) is 0. The highest BCUT2D eigenvalue weighted by molar-refractivity contribution is 7.73. The van der Waals surface area contributed by atoms with E-state index in [1.54, 1.807) is 46.6 Å². The first-order valence-corrected chi connectivity index (χ1v) is 60.2. The number of aliphatic hydroxyl groups is 10. The van der Waals surface area contributed by atoms with E-state index in [0.717, 1.165) is 54.2 Å². The first-order chi connectivity index (χ1) is 57.4. The largest absolute Gasteiger partial charge is 0.412 e. The quantitative estimate of drug-likeness (QED) is 0.0385. The van der Waals surface area contributed by atoms with E-state index >= 15 is 0 Å². The number of aliphatic imine (C=N–C) groups is 5. The summed E-state index contributed by atoms with van der Waals surface area (Å²) in [4.78, 5) is 42.8. The fourth-order valence-corrected chi connectivity index (χ4v) is 19.7. The first-order valence-electron chi connectivity index (χ1n) is 42.0.